The molecule has 0 heterocycles. The van der Waals surface area contributed by atoms with Gasteiger partial charge in [-0.2, -0.15) is 0 Å². The molecule has 114 valence electrons. The van der Waals surface area contributed by atoms with Gasteiger partial charge >= 0.3 is 8.25 Å². The highest BCUT2D eigenvalue weighted by atomic mass is 31.1. The summed E-state index contributed by atoms with van der Waals surface area (Å²) in [6.45, 7) is 2.26. The molecule has 0 radical (unpaired) electrons. The number of unbranched alkanes of at least 4 members (excludes halogenated alkanes) is 11. The minimum absolute atomic E-state index is 0.937. The molecule has 0 saturated heterocycles. The molecule has 1 N–H and O–H groups in total. The highest BCUT2D eigenvalue weighted by Gasteiger charge is 1.92. The fraction of sp³-hybridized carbons (Fsp3) is 0.867. The van der Waals surface area contributed by atoms with Crippen LogP contribution in [0.15, 0.2) is 12.3 Å². The van der Waals surface area contributed by atoms with Crippen molar-refractivity contribution in [1.82, 2.24) is 0 Å². The van der Waals surface area contributed by atoms with Crippen LogP contribution in [0.1, 0.15) is 84.0 Å². The maximum atomic E-state index is 10.2. The van der Waals surface area contributed by atoms with Crippen molar-refractivity contribution >= 4 is 8.25 Å². The van der Waals surface area contributed by atoms with Crippen molar-refractivity contribution in [3.63, 3.8) is 0 Å². The van der Waals surface area contributed by atoms with Gasteiger partial charge in [-0.25, -0.2) is 4.57 Å². The summed E-state index contributed by atoms with van der Waals surface area (Å²) in [6, 6.07) is 0. The van der Waals surface area contributed by atoms with Crippen LogP contribution in [0.3, 0.4) is 0 Å². The van der Waals surface area contributed by atoms with Crippen molar-refractivity contribution in [2.24, 2.45) is 0 Å². The summed E-state index contributed by atoms with van der Waals surface area (Å²) in [6.07, 6.45) is 18.8. The molecule has 19 heavy (non-hydrogen) atoms. The molecule has 0 aliphatic carbocycles. The minimum atomic E-state index is -2.79. The van der Waals surface area contributed by atoms with Crippen molar-refractivity contribution in [1.29, 1.82) is 0 Å². The van der Waals surface area contributed by atoms with Gasteiger partial charge < -0.3 is 9.42 Å². The van der Waals surface area contributed by atoms with Crippen LogP contribution in [-0.4, -0.2) is 4.89 Å². The van der Waals surface area contributed by atoms with Crippen LogP contribution in [0.4, 0.5) is 0 Å². The molecular weight excluding hydrogens is 259 g/mol. The third-order valence-corrected chi connectivity index (χ3v) is 3.58. The number of allylic oxidation sites excluding steroid dienone is 1. The molecule has 0 amide bonds. The van der Waals surface area contributed by atoms with Gasteiger partial charge in [0.25, 0.3) is 0 Å². The van der Waals surface area contributed by atoms with E-state index in [1.165, 1.54) is 70.5 Å². The van der Waals surface area contributed by atoms with Crippen LogP contribution in [0.25, 0.3) is 0 Å². The van der Waals surface area contributed by atoms with Gasteiger partial charge in [-0.1, -0.05) is 71.1 Å². The smallest absolute Gasteiger partial charge is 0.364 e. The Balaban J connectivity index is 3.02. The highest BCUT2D eigenvalue weighted by molar-refractivity contribution is 7.32. The van der Waals surface area contributed by atoms with E-state index in [-0.39, 0.29) is 0 Å². The van der Waals surface area contributed by atoms with Gasteiger partial charge in [0.15, 0.2) is 0 Å². The second-order valence-corrected chi connectivity index (χ2v) is 5.85. The summed E-state index contributed by atoms with van der Waals surface area (Å²) in [5, 5.41) is 0. The van der Waals surface area contributed by atoms with Gasteiger partial charge in [0.05, 0.1) is 6.26 Å². The SMILES string of the molecule is CCCCCCCCCCCCCC=CO[PH](=O)O. The predicted molar refractivity (Wildman–Crippen MR) is 82.5 cm³/mol. The summed E-state index contributed by atoms with van der Waals surface area (Å²) in [5.74, 6) is 0. The van der Waals surface area contributed by atoms with Crippen LogP contribution in [0.5, 0.6) is 0 Å². The lowest BCUT2D eigenvalue weighted by molar-refractivity contribution is 0.377. The molecular formula is C15H31O3P. The van der Waals surface area contributed by atoms with Gasteiger partial charge in [-0.15, -0.1) is 0 Å². The molecule has 1 unspecified atom stereocenters. The molecule has 0 fully saturated rings. The van der Waals surface area contributed by atoms with Gasteiger partial charge in [-0.05, 0) is 18.9 Å². The number of rotatable bonds is 14. The Morgan fingerprint density at radius 1 is 0.895 bits per heavy atom. The first-order valence-electron chi connectivity index (χ1n) is 7.82. The second-order valence-electron chi connectivity index (χ2n) is 5.08. The third-order valence-electron chi connectivity index (χ3n) is 3.24. The molecule has 0 aromatic rings. The summed E-state index contributed by atoms with van der Waals surface area (Å²) in [4.78, 5) is 8.42. The average Bonchev–Trinajstić information content (AvgIpc) is 2.39. The van der Waals surface area contributed by atoms with E-state index < -0.39 is 8.25 Å². The zero-order valence-electron chi connectivity index (χ0n) is 12.4. The fourth-order valence-electron chi connectivity index (χ4n) is 2.10. The van der Waals surface area contributed by atoms with Crippen LogP contribution in [0.2, 0.25) is 0 Å². The average molecular weight is 290 g/mol. The molecule has 3 nitrogen and oxygen atoms in total. The first kappa shape index (κ1) is 18.7. The Labute approximate surface area is 119 Å². The Morgan fingerprint density at radius 3 is 1.84 bits per heavy atom. The van der Waals surface area contributed by atoms with E-state index in [2.05, 4.69) is 11.4 Å². The standard InChI is InChI=1S/C15H31O3P/c1-2-3-4-5-6-7-8-9-10-11-12-13-14-15-18-19(16)17/h14-15,19H,2-13H2,1H3,(H,16,17). The predicted octanol–water partition coefficient (Wildman–Crippen LogP) is 5.60. The lowest BCUT2D eigenvalue weighted by Gasteiger charge is -2.01. The Bertz CT molecular complexity index is 229. The van der Waals surface area contributed by atoms with Crippen molar-refractivity contribution < 1.29 is 14.0 Å². The van der Waals surface area contributed by atoms with Crippen molar-refractivity contribution in [3.05, 3.63) is 12.3 Å². The molecule has 0 aliphatic heterocycles. The first-order valence-corrected chi connectivity index (χ1v) is 9.08. The summed E-state index contributed by atoms with van der Waals surface area (Å²) in [5.41, 5.74) is 0. The van der Waals surface area contributed by atoms with Crippen LogP contribution >= 0.6 is 8.25 Å². The quantitative estimate of drug-likeness (QED) is 0.257. The molecule has 0 saturated carbocycles. The normalized spacial score (nSPS) is 12.9. The Hall–Kier alpha value is -0.270. The van der Waals surface area contributed by atoms with Crippen LogP contribution in [0, 0.1) is 0 Å². The Kier molecular flexibility index (Phi) is 15.6. The summed E-state index contributed by atoms with van der Waals surface area (Å²) in [7, 11) is -2.79. The minimum Gasteiger partial charge on any atom is -0.435 e. The lowest BCUT2D eigenvalue weighted by atomic mass is 10.1. The molecule has 0 bridgehead atoms. The second kappa shape index (κ2) is 15.8. The van der Waals surface area contributed by atoms with E-state index in [1.807, 2.05) is 6.08 Å². The molecule has 0 rings (SSSR count). The van der Waals surface area contributed by atoms with Gasteiger partial charge in [0.1, 0.15) is 0 Å². The maximum absolute atomic E-state index is 10.2. The number of hydrogen-bond acceptors (Lipinski definition) is 2. The fourth-order valence-corrected chi connectivity index (χ4v) is 2.31. The largest absolute Gasteiger partial charge is 0.435 e. The molecule has 4 heteroatoms. The monoisotopic (exact) mass is 290 g/mol. The third kappa shape index (κ3) is 17.7. The van der Waals surface area contributed by atoms with Crippen LogP contribution < -0.4 is 0 Å². The summed E-state index contributed by atoms with van der Waals surface area (Å²) < 4.78 is 14.7. The lowest BCUT2D eigenvalue weighted by Crippen LogP contribution is -1.82. The van der Waals surface area contributed by atoms with Crippen molar-refractivity contribution in [2.45, 2.75) is 84.0 Å². The summed E-state index contributed by atoms with van der Waals surface area (Å²) >= 11 is 0. The number of hydrogen-bond donors (Lipinski definition) is 1. The van der Waals surface area contributed by atoms with E-state index in [1.54, 1.807) is 0 Å². The highest BCUT2D eigenvalue weighted by Crippen LogP contribution is 2.15. The van der Waals surface area contributed by atoms with Crippen molar-refractivity contribution in [2.75, 3.05) is 0 Å². The Morgan fingerprint density at radius 2 is 1.37 bits per heavy atom. The topological polar surface area (TPSA) is 46.5 Å². The molecule has 0 aromatic carbocycles. The molecule has 0 aliphatic rings. The van der Waals surface area contributed by atoms with E-state index in [4.69, 9.17) is 4.89 Å². The van der Waals surface area contributed by atoms with E-state index >= 15 is 0 Å². The van der Waals surface area contributed by atoms with Gasteiger partial charge in [-0.3, -0.25) is 0 Å². The first-order chi connectivity index (χ1) is 9.27. The zero-order valence-corrected chi connectivity index (χ0v) is 13.4. The molecule has 0 spiro atoms. The van der Waals surface area contributed by atoms with E-state index in [0.717, 1.165) is 12.8 Å². The molecule has 0 aromatic heterocycles. The zero-order chi connectivity index (χ0) is 14.2. The van der Waals surface area contributed by atoms with Gasteiger partial charge in [0.2, 0.25) is 0 Å². The van der Waals surface area contributed by atoms with Gasteiger partial charge in [0, 0.05) is 0 Å². The maximum Gasteiger partial charge on any atom is 0.364 e. The van der Waals surface area contributed by atoms with Crippen molar-refractivity contribution in [3.8, 4) is 0 Å². The van der Waals surface area contributed by atoms with E-state index in [9.17, 15) is 4.57 Å². The van der Waals surface area contributed by atoms with Crippen LogP contribution in [-0.2, 0) is 9.09 Å². The van der Waals surface area contributed by atoms with E-state index in [0.29, 0.717) is 0 Å². The molecule has 1 atom stereocenters.